The first-order valence-electron chi connectivity index (χ1n) is 24.6. The summed E-state index contributed by atoms with van der Waals surface area (Å²) >= 11 is 0. The normalized spacial score (nSPS) is 26.8. The number of carbonyl (C=O) groups excluding carboxylic acids is 2. The third kappa shape index (κ3) is 25.9. The Hall–Kier alpha value is -3.06. The second kappa shape index (κ2) is 37.9. The molecular weight excluding hydrogens is 853 g/mol. The first-order valence-corrected chi connectivity index (χ1v) is 24.6. The number of hydrogen-bond acceptors (Lipinski definition) is 15. The third-order valence-corrected chi connectivity index (χ3v) is 11.2. The monoisotopic (exact) mass is 937 g/mol. The van der Waals surface area contributed by atoms with Crippen LogP contribution in [-0.4, -0.2) is 142 Å². The van der Waals surface area contributed by atoms with Gasteiger partial charge in [0.05, 0.1) is 19.8 Å². The number of esters is 2. The van der Waals surface area contributed by atoms with Crippen LogP contribution in [0.2, 0.25) is 0 Å². The molecule has 2 aliphatic rings. The maximum absolute atomic E-state index is 13.0. The van der Waals surface area contributed by atoms with Gasteiger partial charge in [0, 0.05) is 12.8 Å². The summed E-state index contributed by atoms with van der Waals surface area (Å²) in [6, 6.07) is 0. The van der Waals surface area contributed by atoms with Gasteiger partial charge in [0.15, 0.2) is 18.7 Å². The maximum atomic E-state index is 13.0. The highest BCUT2D eigenvalue weighted by Crippen LogP contribution is 2.26. The molecule has 0 radical (unpaired) electrons. The molecule has 7 N–H and O–H groups in total. The lowest BCUT2D eigenvalue weighted by atomic mass is 9.98. The van der Waals surface area contributed by atoms with E-state index in [1.165, 1.54) is 38.5 Å². The minimum atomic E-state index is -1.78. The number of unbranched alkanes of at least 4 members (excludes halogenated alkanes) is 12. The van der Waals surface area contributed by atoms with E-state index >= 15 is 0 Å². The first kappa shape index (κ1) is 59.1. The smallest absolute Gasteiger partial charge is 0.306 e. The lowest BCUT2D eigenvalue weighted by Gasteiger charge is -2.42. The van der Waals surface area contributed by atoms with Crippen LogP contribution in [0.1, 0.15) is 142 Å². The van der Waals surface area contributed by atoms with Gasteiger partial charge in [-0.2, -0.15) is 0 Å². The fourth-order valence-corrected chi connectivity index (χ4v) is 7.17. The number of aliphatic hydroxyl groups excluding tert-OH is 7. The van der Waals surface area contributed by atoms with Gasteiger partial charge >= 0.3 is 11.9 Å². The Labute approximate surface area is 393 Å². The molecule has 5 unspecified atom stereocenters. The Kier molecular flexibility index (Phi) is 33.9. The standard InChI is InChI=1S/C51H84O15/c1-3-5-7-9-11-13-15-17-18-19-20-22-23-25-27-29-31-33-42(53)61-36-39(64-43(54)34-32-30-28-26-24-21-16-14-12-10-8-6-4-2)37-62-50-49(60)47(58)45(56)41(66-50)38-63-51-48(59)46(57)44(55)40(35-52)65-51/h6,8,10,12,14,16-18,20,22,25,27,39-41,44-52,55-60H,3-5,7,9,11,13,15,19,21,23-24,26,28-38H2,1-2H3/b8-6+,12-10+,16-14+,18-17+,22-20+,27-25+/t39?,40-,41-,44+,45+,46?,47?,48?,49?,50-,51-/m1/s1. The van der Waals surface area contributed by atoms with Crippen LogP contribution in [0.4, 0.5) is 0 Å². The summed E-state index contributed by atoms with van der Waals surface area (Å²) in [5.74, 6) is -1.02. The Morgan fingerprint density at radius 1 is 0.515 bits per heavy atom. The zero-order valence-corrected chi connectivity index (χ0v) is 39.6. The Bertz CT molecular complexity index is 1430. The second-order valence-corrected chi connectivity index (χ2v) is 17.0. The van der Waals surface area contributed by atoms with Crippen molar-refractivity contribution in [3.63, 3.8) is 0 Å². The van der Waals surface area contributed by atoms with Gasteiger partial charge in [-0.1, -0.05) is 138 Å². The van der Waals surface area contributed by atoms with Crippen LogP contribution in [0, 0.1) is 0 Å². The maximum Gasteiger partial charge on any atom is 0.306 e. The SMILES string of the molecule is CC/C=C/C=C/C=C/CCCCCCCC(=O)OC(COC(=O)CCC/C=C/C/C=C/C/C=C/CCCCCCCC)CO[C@@H]1O[C@H](CO[C@@H]2O[C@H](CO)[C@H](O)C(O)C2O)[C@H](O)C(O)C1O. The highest BCUT2D eigenvalue weighted by atomic mass is 16.7. The molecule has 66 heavy (non-hydrogen) atoms. The average Bonchev–Trinajstić information content (AvgIpc) is 3.31. The van der Waals surface area contributed by atoms with Crippen LogP contribution in [-0.2, 0) is 38.0 Å². The summed E-state index contributed by atoms with van der Waals surface area (Å²) in [5.41, 5.74) is 0. The molecule has 0 spiro atoms. The van der Waals surface area contributed by atoms with E-state index in [0.29, 0.717) is 19.3 Å². The van der Waals surface area contributed by atoms with Gasteiger partial charge in [-0.05, 0) is 64.2 Å². The Morgan fingerprint density at radius 2 is 1.03 bits per heavy atom. The number of rotatable bonds is 36. The molecule has 15 nitrogen and oxygen atoms in total. The average molecular weight is 937 g/mol. The van der Waals surface area contributed by atoms with Gasteiger partial charge in [0.25, 0.3) is 0 Å². The molecule has 0 amide bonds. The molecule has 2 aliphatic heterocycles. The molecular formula is C51H84O15. The molecule has 0 aromatic rings. The topological polar surface area (TPSA) is 231 Å². The molecule has 378 valence electrons. The number of ether oxygens (including phenoxy) is 6. The van der Waals surface area contributed by atoms with Crippen molar-refractivity contribution >= 4 is 11.9 Å². The highest BCUT2D eigenvalue weighted by molar-refractivity contribution is 5.70. The van der Waals surface area contributed by atoms with Crippen molar-refractivity contribution in [2.24, 2.45) is 0 Å². The van der Waals surface area contributed by atoms with E-state index in [0.717, 1.165) is 57.8 Å². The van der Waals surface area contributed by atoms with Gasteiger partial charge in [0.2, 0.25) is 0 Å². The molecule has 0 aromatic carbocycles. The van der Waals surface area contributed by atoms with Crippen molar-refractivity contribution < 1.29 is 73.8 Å². The minimum absolute atomic E-state index is 0.128. The van der Waals surface area contributed by atoms with E-state index in [1.807, 2.05) is 30.4 Å². The summed E-state index contributed by atoms with van der Waals surface area (Å²) < 4.78 is 33.4. The number of aliphatic hydroxyl groups is 7. The fraction of sp³-hybridized carbons (Fsp3) is 0.725. The van der Waals surface area contributed by atoms with Crippen LogP contribution in [0.5, 0.6) is 0 Å². The molecule has 2 saturated heterocycles. The number of allylic oxidation sites excluding steroid dienone is 12. The lowest BCUT2D eigenvalue weighted by Crippen LogP contribution is -2.61. The Balaban J connectivity index is 1.86. The Morgan fingerprint density at radius 3 is 1.67 bits per heavy atom. The zero-order valence-electron chi connectivity index (χ0n) is 39.6. The molecule has 0 bridgehead atoms. The third-order valence-electron chi connectivity index (χ3n) is 11.2. The van der Waals surface area contributed by atoms with Crippen molar-refractivity contribution in [2.45, 2.75) is 210 Å². The fourth-order valence-electron chi connectivity index (χ4n) is 7.17. The van der Waals surface area contributed by atoms with Crippen LogP contribution in [0.15, 0.2) is 72.9 Å². The number of carbonyl (C=O) groups is 2. The molecule has 15 heteroatoms. The van der Waals surface area contributed by atoms with Crippen LogP contribution < -0.4 is 0 Å². The largest absolute Gasteiger partial charge is 0.462 e. The molecule has 11 atom stereocenters. The van der Waals surface area contributed by atoms with Crippen molar-refractivity contribution in [1.29, 1.82) is 0 Å². The molecule has 2 fully saturated rings. The van der Waals surface area contributed by atoms with Gasteiger partial charge in [-0.25, -0.2) is 0 Å². The predicted octanol–water partition coefficient (Wildman–Crippen LogP) is 6.26. The van der Waals surface area contributed by atoms with Crippen LogP contribution in [0.3, 0.4) is 0 Å². The van der Waals surface area contributed by atoms with Gasteiger partial charge < -0.3 is 64.2 Å². The molecule has 0 saturated carbocycles. The quantitative estimate of drug-likeness (QED) is 0.0159. The second-order valence-electron chi connectivity index (χ2n) is 17.0. The van der Waals surface area contributed by atoms with Crippen LogP contribution in [0.25, 0.3) is 0 Å². The molecule has 0 aliphatic carbocycles. The van der Waals surface area contributed by atoms with Gasteiger partial charge in [-0.3, -0.25) is 9.59 Å². The lowest BCUT2D eigenvalue weighted by molar-refractivity contribution is -0.332. The minimum Gasteiger partial charge on any atom is -0.462 e. The van der Waals surface area contributed by atoms with Crippen molar-refractivity contribution in [2.75, 3.05) is 26.4 Å². The molecule has 0 aromatic heterocycles. The van der Waals surface area contributed by atoms with E-state index < -0.39 is 99.3 Å². The summed E-state index contributed by atoms with van der Waals surface area (Å²) in [4.78, 5) is 25.7. The molecule has 2 heterocycles. The summed E-state index contributed by atoms with van der Waals surface area (Å²) in [6.07, 6.45) is 26.6. The predicted molar refractivity (Wildman–Crippen MR) is 252 cm³/mol. The van der Waals surface area contributed by atoms with Crippen molar-refractivity contribution in [3.8, 4) is 0 Å². The van der Waals surface area contributed by atoms with Crippen molar-refractivity contribution in [1.82, 2.24) is 0 Å². The highest BCUT2D eigenvalue weighted by Gasteiger charge is 2.47. The summed E-state index contributed by atoms with van der Waals surface area (Å²) in [7, 11) is 0. The molecule has 2 rings (SSSR count). The van der Waals surface area contributed by atoms with Crippen LogP contribution >= 0.6 is 0 Å². The zero-order chi connectivity index (χ0) is 48.2. The van der Waals surface area contributed by atoms with E-state index in [-0.39, 0.29) is 19.4 Å². The van der Waals surface area contributed by atoms with Crippen molar-refractivity contribution in [3.05, 3.63) is 72.9 Å². The van der Waals surface area contributed by atoms with E-state index in [4.69, 9.17) is 28.4 Å². The number of hydrogen-bond donors (Lipinski definition) is 7. The summed E-state index contributed by atoms with van der Waals surface area (Å²) in [6.45, 7) is 2.35. The van der Waals surface area contributed by atoms with Gasteiger partial charge in [-0.15, -0.1) is 0 Å². The first-order chi connectivity index (χ1) is 32.0. The van der Waals surface area contributed by atoms with E-state index in [9.17, 15) is 45.3 Å². The van der Waals surface area contributed by atoms with E-state index in [2.05, 4.69) is 56.4 Å². The van der Waals surface area contributed by atoms with Gasteiger partial charge in [0.1, 0.15) is 55.4 Å². The van der Waals surface area contributed by atoms with E-state index in [1.54, 1.807) is 0 Å². The summed E-state index contributed by atoms with van der Waals surface area (Å²) in [5, 5.41) is 72.0.